The zero-order valence-corrected chi connectivity index (χ0v) is 14.3. The van der Waals surface area contributed by atoms with Gasteiger partial charge in [-0.2, -0.15) is 0 Å². The number of hydrogen-bond acceptors (Lipinski definition) is 4. The number of amides is 1. The van der Waals surface area contributed by atoms with E-state index in [2.05, 4.69) is 5.32 Å². The Bertz CT molecular complexity index is 343. The number of carbonyl (C=O) groups excluding carboxylic acids is 2. The van der Waals surface area contributed by atoms with Gasteiger partial charge in [0.15, 0.2) is 0 Å². The molecule has 5 nitrogen and oxygen atoms in total. The molecule has 1 amide bonds. The molecule has 0 aliphatic rings. The highest BCUT2D eigenvalue weighted by molar-refractivity contribution is 6.18. The summed E-state index contributed by atoms with van der Waals surface area (Å²) in [6.07, 6.45) is 3.00. The zero-order chi connectivity index (χ0) is 16.3. The molecular weight excluding hydrogens is 315 g/mol. The number of nitrogens with zero attached hydrogens (tertiary/aromatic N) is 1. The minimum Gasteiger partial charge on any atom is -0.464 e. The second kappa shape index (κ2) is 11.7. The van der Waals surface area contributed by atoms with Crippen LogP contribution in [0.15, 0.2) is 12.3 Å². The Morgan fingerprint density at radius 3 is 2.24 bits per heavy atom. The molecule has 122 valence electrons. The van der Waals surface area contributed by atoms with Crippen molar-refractivity contribution in [2.24, 2.45) is 5.92 Å². The molecule has 0 fully saturated rings. The van der Waals surface area contributed by atoms with Crippen molar-refractivity contribution in [2.45, 2.75) is 26.8 Å². The van der Waals surface area contributed by atoms with Crippen molar-refractivity contribution in [3.05, 3.63) is 12.3 Å². The van der Waals surface area contributed by atoms with Crippen LogP contribution in [0.3, 0.4) is 0 Å². The number of carbonyl (C=O) groups is 2. The molecule has 0 saturated carbocycles. The summed E-state index contributed by atoms with van der Waals surface area (Å²) in [5, 5.41) is 2.65. The molecule has 1 unspecified atom stereocenters. The molecule has 0 bridgehead atoms. The van der Waals surface area contributed by atoms with E-state index in [9.17, 15) is 9.59 Å². The lowest BCUT2D eigenvalue weighted by molar-refractivity contribution is -0.148. The fraction of sp³-hybridized carbons (Fsp3) is 0.714. The van der Waals surface area contributed by atoms with E-state index >= 15 is 0 Å². The minimum absolute atomic E-state index is 0.0526. The second-order valence-corrected chi connectivity index (χ2v) is 5.47. The molecule has 0 rings (SSSR count). The molecule has 0 aliphatic heterocycles. The lowest BCUT2D eigenvalue weighted by Gasteiger charge is -2.20. The van der Waals surface area contributed by atoms with Crippen molar-refractivity contribution in [3.63, 3.8) is 0 Å². The van der Waals surface area contributed by atoms with Crippen molar-refractivity contribution in [3.8, 4) is 0 Å². The van der Waals surface area contributed by atoms with E-state index in [1.165, 1.54) is 6.08 Å². The number of nitrogens with one attached hydrogen (secondary N) is 1. The fourth-order valence-electron chi connectivity index (χ4n) is 1.58. The number of ether oxygens (including phenoxy) is 1. The van der Waals surface area contributed by atoms with Gasteiger partial charge >= 0.3 is 5.97 Å². The molecule has 0 aromatic rings. The van der Waals surface area contributed by atoms with Crippen LogP contribution < -0.4 is 5.32 Å². The van der Waals surface area contributed by atoms with E-state index < -0.39 is 12.0 Å². The van der Waals surface area contributed by atoms with Gasteiger partial charge in [-0.3, -0.25) is 4.79 Å². The van der Waals surface area contributed by atoms with Gasteiger partial charge in [-0.15, -0.1) is 23.2 Å². The summed E-state index contributed by atoms with van der Waals surface area (Å²) >= 11 is 11.3. The summed E-state index contributed by atoms with van der Waals surface area (Å²) in [5.74, 6) is 0.0623. The van der Waals surface area contributed by atoms with E-state index in [0.717, 1.165) is 0 Å². The van der Waals surface area contributed by atoms with Gasteiger partial charge in [-0.25, -0.2) is 4.79 Å². The first kappa shape index (κ1) is 20.1. The first-order valence-electron chi connectivity index (χ1n) is 6.97. The molecule has 0 aromatic carbocycles. The first-order valence-corrected chi connectivity index (χ1v) is 8.04. The maximum absolute atomic E-state index is 11.9. The number of halogens is 2. The molecule has 1 N–H and O–H groups in total. The summed E-state index contributed by atoms with van der Waals surface area (Å²) in [6, 6.07) is -0.656. The van der Waals surface area contributed by atoms with E-state index in [4.69, 9.17) is 27.9 Å². The van der Waals surface area contributed by atoms with Gasteiger partial charge in [-0.1, -0.05) is 13.8 Å². The molecule has 0 aliphatic carbocycles. The molecule has 1 atom stereocenters. The van der Waals surface area contributed by atoms with Gasteiger partial charge in [0.2, 0.25) is 5.91 Å². The van der Waals surface area contributed by atoms with Gasteiger partial charge in [0.25, 0.3) is 0 Å². The number of alkyl halides is 2. The van der Waals surface area contributed by atoms with Crippen LogP contribution in [0.4, 0.5) is 0 Å². The second-order valence-electron chi connectivity index (χ2n) is 4.71. The van der Waals surface area contributed by atoms with E-state index in [0.29, 0.717) is 24.8 Å². The quantitative estimate of drug-likeness (QED) is 0.376. The number of esters is 1. The largest absolute Gasteiger partial charge is 0.464 e. The third kappa shape index (κ3) is 8.83. The predicted molar refractivity (Wildman–Crippen MR) is 85.6 cm³/mol. The van der Waals surface area contributed by atoms with Crippen LogP contribution in [0.5, 0.6) is 0 Å². The van der Waals surface area contributed by atoms with Crippen molar-refractivity contribution >= 4 is 35.1 Å². The van der Waals surface area contributed by atoms with Crippen LogP contribution in [-0.4, -0.2) is 54.3 Å². The van der Waals surface area contributed by atoms with Crippen LogP contribution in [0, 0.1) is 5.92 Å². The Balaban J connectivity index is 4.57. The number of hydrogen-bond donors (Lipinski definition) is 1. The Hall–Kier alpha value is -0.940. The molecule has 0 radical (unpaired) electrons. The van der Waals surface area contributed by atoms with Crippen LogP contribution in [0.1, 0.15) is 20.8 Å². The molecule has 0 heterocycles. The van der Waals surface area contributed by atoms with Gasteiger partial charge in [0, 0.05) is 37.1 Å². The average molecular weight is 339 g/mol. The molecule has 7 heteroatoms. The lowest BCUT2D eigenvalue weighted by atomic mass is 10.0. The van der Waals surface area contributed by atoms with Gasteiger partial charge in [-0.05, 0) is 12.8 Å². The predicted octanol–water partition coefficient (Wildman–Crippen LogP) is 1.98. The van der Waals surface area contributed by atoms with E-state index in [-0.39, 0.29) is 18.4 Å². The maximum atomic E-state index is 11.9. The normalized spacial score (nSPS) is 12.5. The minimum atomic E-state index is -0.656. The van der Waals surface area contributed by atoms with E-state index in [1.807, 2.05) is 18.7 Å². The highest BCUT2D eigenvalue weighted by Crippen LogP contribution is 2.04. The van der Waals surface area contributed by atoms with Crippen LogP contribution in [0.25, 0.3) is 0 Å². The Kier molecular flexibility index (Phi) is 11.2. The molecule has 0 aromatic heterocycles. The van der Waals surface area contributed by atoms with Crippen molar-refractivity contribution in [1.29, 1.82) is 0 Å². The van der Waals surface area contributed by atoms with Crippen molar-refractivity contribution in [1.82, 2.24) is 10.2 Å². The van der Waals surface area contributed by atoms with Crippen LogP contribution in [-0.2, 0) is 14.3 Å². The SMILES string of the molecule is CCOC(=O)C(NC(=O)C=CN(CCCl)CCCl)C(C)C. The summed E-state index contributed by atoms with van der Waals surface area (Å²) in [7, 11) is 0. The third-order valence-electron chi connectivity index (χ3n) is 2.69. The maximum Gasteiger partial charge on any atom is 0.328 e. The van der Waals surface area contributed by atoms with Gasteiger partial charge < -0.3 is 15.0 Å². The molecule has 21 heavy (non-hydrogen) atoms. The van der Waals surface area contributed by atoms with Crippen molar-refractivity contribution < 1.29 is 14.3 Å². The summed E-state index contributed by atoms with van der Waals surface area (Å²) < 4.78 is 4.95. The smallest absolute Gasteiger partial charge is 0.328 e. The topological polar surface area (TPSA) is 58.6 Å². The standard InChI is InChI=1S/C14H24Cl2N2O3/c1-4-21-14(20)13(11(2)3)17-12(19)5-8-18(9-6-15)10-7-16/h5,8,11,13H,4,6-7,9-10H2,1-3H3,(H,17,19). The lowest BCUT2D eigenvalue weighted by Crippen LogP contribution is -2.44. The van der Waals surface area contributed by atoms with Crippen molar-refractivity contribution in [2.75, 3.05) is 31.5 Å². The molecular formula is C14H24Cl2N2O3. The van der Waals surface area contributed by atoms with Gasteiger partial charge in [0.05, 0.1) is 6.61 Å². The number of rotatable bonds is 10. The Morgan fingerprint density at radius 1 is 1.24 bits per heavy atom. The summed E-state index contributed by atoms with van der Waals surface area (Å²) in [6.45, 7) is 6.91. The summed E-state index contributed by atoms with van der Waals surface area (Å²) in [5.41, 5.74) is 0. The molecule has 0 spiro atoms. The average Bonchev–Trinajstić information content (AvgIpc) is 2.42. The van der Waals surface area contributed by atoms with Gasteiger partial charge in [0.1, 0.15) is 6.04 Å². The van der Waals surface area contributed by atoms with E-state index in [1.54, 1.807) is 13.1 Å². The highest BCUT2D eigenvalue weighted by Gasteiger charge is 2.24. The Morgan fingerprint density at radius 2 is 1.81 bits per heavy atom. The van der Waals surface area contributed by atoms with Crippen LogP contribution >= 0.6 is 23.2 Å². The third-order valence-corrected chi connectivity index (χ3v) is 3.02. The highest BCUT2D eigenvalue weighted by atomic mass is 35.5. The zero-order valence-electron chi connectivity index (χ0n) is 12.8. The first-order chi connectivity index (χ1) is 9.96. The molecule has 0 saturated heterocycles. The Labute approximate surface area is 136 Å². The monoisotopic (exact) mass is 338 g/mol. The van der Waals surface area contributed by atoms with Crippen LogP contribution in [0.2, 0.25) is 0 Å². The fourth-order valence-corrected chi connectivity index (χ4v) is 2.02. The summed E-state index contributed by atoms with van der Waals surface area (Å²) in [4.78, 5) is 25.5.